The molecule has 6 heteroatoms. The van der Waals surface area contributed by atoms with Gasteiger partial charge < -0.3 is 0 Å². The second-order valence-corrected chi connectivity index (χ2v) is 8.05. The van der Waals surface area contributed by atoms with Crippen molar-refractivity contribution in [2.24, 2.45) is 17.0 Å². The fourth-order valence-electron chi connectivity index (χ4n) is 2.58. The molecule has 138 valence electrons. The van der Waals surface area contributed by atoms with Gasteiger partial charge in [-0.25, -0.2) is 0 Å². The molecule has 0 aliphatic carbocycles. The summed E-state index contributed by atoms with van der Waals surface area (Å²) < 4.78 is 3.66. The zero-order valence-corrected chi connectivity index (χ0v) is 17.1. The van der Waals surface area contributed by atoms with Crippen LogP contribution in [0.1, 0.15) is 0 Å². The molecular weight excluding hydrogens is 413 g/mol. The van der Waals surface area contributed by atoms with Crippen molar-refractivity contribution in [2.45, 2.75) is 0 Å². The Morgan fingerprint density at radius 3 is 1.89 bits per heavy atom. The predicted octanol–water partition coefficient (Wildman–Crippen LogP) is 3.69. The van der Waals surface area contributed by atoms with E-state index in [1.54, 1.807) is 0 Å². The van der Waals surface area contributed by atoms with Crippen LogP contribution in [0.4, 0.5) is 22.9 Å². The molecule has 4 rings (SSSR count). The SMILES string of the molecule is Cn1nc(Nc2ccccc2)c(=Nc2ccccc2)[se]c1=Nc1ccccc1. The first kappa shape index (κ1) is 18.2. The fourth-order valence-corrected chi connectivity index (χ4v) is 4.33. The molecule has 0 bridgehead atoms. The Balaban J connectivity index is 1.87. The molecule has 1 N–H and O–H groups in total. The van der Waals surface area contributed by atoms with E-state index in [0.717, 1.165) is 31.5 Å². The van der Waals surface area contributed by atoms with Crippen LogP contribution in [0.25, 0.3) is 0 Å². The second kappa shape index (κ2) is 8.65. The van der Waals surface area contributed by atoms with E-state index in [4.69, 9.17) is 15.1 Å². The minimum atomic E-state index is -0.0979. The van der Waals surface area contributed by atoms with Crippen molar-refractivity contribution < 1.29 is 0 Å². The number of benzene rings is 3. The Bertz CT molecular complexity index is 1180. The third-order valence-electron chi connectivity index (χ3n) is 3.92. The van der Waals surface area contributed by atoms with Gasteiger partial charge in [0, 0.05) is 0 Å². The van der Waals surface area contributed by atoms with E-state index in [1.807, 2.05) is 103 Å². The summed E-state index contributed by atoms with van der Waals surface area (Å²) in [5.74, 6) is 0.754. The third-order valence-corrected chi connectivity index (χ3v) is 6.05. The van der Waals surface area contributed by atoms with Crippen molar-refractivity contribution in [3.8, 4) is 0 Å². The van der Waals surface area contributed by atoms with Gasteiger partial charge in [-0.3, -0.25) is 0 Å². The van der Waals surface area contributed by atoms with E-state index in [-0.39, 0.29) is 14.5 Å². The molecule has 0 saturated heterocycles. The van der Waals surface area contributed by atoms with Gasteiger partial charge in [-0.05, 0) is 0 Å². The Labute approximate surface area is 169 Å². The normalized spacial score (nSPS) is 12.2. The van der Waals surface area contributed by atoms with Crippen molar-refractivity contribution in [3.63, 3.8) is 0 Å². The van der Waals surface area contributed by atoms with Crippen LogP contribution in [0, 0.1) is 0 Å². The molecule has 4 aromatic rings. The number of nitrogens with one attached hydrogen (secondary N) is 1. The van der Waals surface area contributed by atoms with E-state index in [1.165, 1.54) is 0 Å². The molecule has 1 aromatic heterocycles. The number of anilines is 2. The summed E-state index contributed by atoms with van der Waals surface area (Å²) in [5.41, 5.74) is 2.81. The molecule has 0 spiro atoms. The predicted molar refractivity (Wildman–Crippen MR) is 113 cm³/mol. The van der Waals surface area contributed by atoms with Gasteiger partial charge in [0.1, 0.15) is 0 Å². The van der Waals surface area contributed by atoms with Crippen LogP contribution in [-0.4, -0.2) is 24.3 Å². The average molecular weight is 432 g/mol. The van der Waals surface area contributed by atoms with Crippen LogP contribution in [0.5, 0.6) is 0 Å². The van der Waals surface area contributed by atoms with Gasteiger partial charge in [0.05, 0.1) is 0 Å². The summed E-state index contributed by atoms with van der Waals surface area (Å²) in [7, 11) is 1.93. The molecular formula is C22H19N5Se. The zero-order chi connectivity index (χ0) is 19.2. The van der Waals surface area contributed by atoms with E-state index in [2.05, 4.69) is 5.32 Å². The van der Waals surface area contributed by atoms with Gasteiger partial charge in [-0.15, -0.1) is 0 Å². The number of hydrogen-bond acceptors (Lipinski definition) is 4. The van der Waals surface area contributed by atoms with E-state index >= 15 is 0 Å². The first-order valence-electron chi connectivity index (χ1n) is 8.88. The van der Waals surface area contributed by atoms with Crippen LogP contribution in [0.15, 0.2) is 101 Å². The van der Waals surface area contributed by atoms with E-state index < -0.39 is 0 Å². The minimum absolute atomic E-state index is 0.0979. The molecule has 0 aliphatic rings. The molecule has 0 atom stereocenters. The summed E-state index contributed by atoms with van der Waals surface area (Å²) in [6.07, 6.45) is 0. The van der Waals surface area contributed by atoms with Crippen LogP contribution in [0.2, 0.25) is 0 Å². The Kier molecular flexibility index (Phi) is 5.61. The topological polar surface area (TPSA) is 54.6 Å². The monoisotopic (exact) mass is 433 g/mol. The number of rotatable bonds is 4. The van der Waals surface area contributed by atoms with Crippen LogP contribution in [-0.2, 0) is 7.05 Å². The number of para-hydroxylation sites is 3. The van der Waals surface area contributed by atoms with Gasteiger partial charge in [0.25, 0.3) is 0 Å². The molecule has 0 saturated carbocycles. The summed E-state index contributed by atoms with van der Waals surface area (Å²) in [4.78, 5) is 9.65. The van der Waals surface area contributed by atoms with Gasteiger partial charge in [-0.1, -0.05) is 0 Å². The van der Waals surface area contributed by atoms with Crippen molar-refractivity contribution in [3.05, 3.63) is 99.6 Å². The summed E-state index contributed by atoms with van der Waals surface area (Å²) in [6.45, 7) is 0. The van der Waals surface area contributed by atoms with Crippen molar-refractivity contribution in [1.29, 1.82) is 0 Å². The molecule has 0 unspecified atom stereocenters. The first-order valence-corrected chi connectivity index (χ1v) is 10.6. The van der Waals surface area contributed by atoms with Crippen molar-refractivity contribution in [1.82, 2.24) is 9.78 Å². The standard InChI is InChI=1S/C22H19N5Se/c1-27-22(25-19-15-9-4-10-16-19)28-21(24-18-13-7-3-8-14-18)20(26-27)23-17-11-5-2-6-12-17/h2-16H,1H3,(H,23,26). The molecule has 0 fully saturated rings. The maximum absolute atomic E-state index is 4.87. The molecule has 0 radical (unpaired) electrons. The molecule has 0 aliphatic heterocycles. The Morgan fingerprint density at radius 1 is 0.750 bits per heavy atom. The summed E-state index contributed by atoms with van der Waals surface area (Å²) in [5, 5.41) is 8.13. The zero-order valence-electron chi connectivity index (χ0n) is 15.4. The quantitative estimate of drug-likeness (QED) is 0.500. The molecule has 1 heterocycles. The van der Waals surface area contributed by atoms with Gasteiger partial charge in [-0.2, -0.15) is 0 Å². The summed E-state index contributed by atoms with van der Waals surface area (Å²) in [6, 6.07) is 29.9. The van der Waals surface area contributed by atoms with Crippen molar-refractivity contribution >= 4 is 37.4 Å². The van der Waals surface area contributed by atoms with Crippen molar-refractivity contribution in [2.75, 3.05) is 5.32 Å². The molecule has 0 amide bonds. The number of hydrogen-bond donors (Lipinski definition) is 1. The summed E-state index contributed by atoms with van der Waals surface area (Å²) >= 11 is -0.0979. The Hall–Kier alpha value is -3.21. The molecule has 28 heavy (non-hydrogen) atoms. The number of nitrogens with zero attached hydrogens (tertiary/aromatic N) is 4. The maximum atomic E-state index is 4.87. The fraction of sp³-hybridized carbons (Fsp3) is 0.0455. The van der Waals surface area contributed by atoms with Crippen LogP contribution in [0.3, 0.4) is 0 Å². The van der Waals surface area contributed by atoms with E-state index in [9.17, 15) is 0 Å². The van der Waals surface area contributed by atoms with E-state index in [0.29, 0.717) is 0 Å². The van der Waals surface area contributed by atoms with Gasteiger partial charge in [0.15, 0.2) is 0 Å². The first-order chi connectivity index (χ1) is 13.8. The van der Waals surface area contributed by atoms with Crippen LogP contribution < -0.4 is 13.9 Å². The number of aromatic nitrogens is 2. The molecule has 5 nitrogen and oxygen atoms in total. The van der Waals surface area contributed by atoms with Crippen LogP contribution >= 0.6 is 0 Å². The number of aryl methyl sites for hydroxylation is 1. The second-order valence-electron chi connectivity index (χ2n) is 6.05. The Morgan fingerprint density at radius 2 is 1.29 bits per heavy atom. The van der Waals surface area contributed by atoms with Gasteiger partial charge in [0.2, 0.25) is 0 Å². The van der Waals surface area contributed by atoms with Gasteiger partial charge >= 0.3 is 169 Å². The third kappa shape index (κ3) is 4.55. The average Bonchev–Trinajstić information content (AvgIpc) is 2.74. The molecule has 3 aromatic carbocycles.